The second-order valence-corrected chi connectivity index (χ2v) is 14.1. The number of carbonyl (C=O) groups is 6. The summed E-state index contributed by atoms with van der Waals surface area (Å²) < 4.78 is 11.3. The Hall–Kier alpha value is -8.12. The van der Waals surface area contributed by atoms with Crippen LogP contribution in [0.15, 0.2) is 127 Å². The lowest BCUT2D eigenvalue weighted by molar-refractivity contribution is -0.384. The van der Waals surface area contributed by atoms with Crippen LogP contribution < -0.4 is 37.1 Å². The summed E-state index contributed by atoms with van der Waals surface area (Å²) in [5.74, 6) is -4.32. The Morgan fingerprint density at radius 2 is 1.31 bits per heavy atom. The van der Waals surface area contributed by atoms with Crippen molar-refractivity contribution in [2.45, 2.75) is 38.5 Å². The van der Waals surface area contributed by atoms with E-state index >= 15 is 0 Å². The lowest BCUT2D eigenvalue weighted by Crippen LogP contribution is -2.53. The Bertz CT molecular complexity index is 2450. The number of allylic oxidation sites excluding steroid dienone is 2. The summed E-state index contributed by atoms with van der Waals surface area (Å²) in [5, 5.41) is 33.6. The zero-order valence-corrected chi connectivity index (χ0v) is 33.7. The number of methoxy groups -OCH3 is 1. The number of benzene rings is 4. The molecule has 0 radical (unpaired) electrons. The molecule has 62 heavy (non-hydrogen) atoms. The molecule has 3 unspecified atom stereocenters. The van der Waals surface area contributed by atoms with E-state index in [-0.39, 0.29) is 63.3 Å². The van der Waals surface area contributed by atoms with Gasteiger partial charge in [0.2, 0.25) is 5.91 Å². The minimum atomic E-state index is -1.38. The number of carbonyl (C=O) groups excluding carboxylic acids is 5. The highest BCUT2D eigenvalue weighted by atomic mass is 16.6. The first-order valence-electron chi connectivity index (χ1n) is 18.9. The van der Waals surface area contributed by atoms with Gasteiger partial charge >= 0.3 is 5.97 Å². The van der Waals surface area contributed by atoms with Gasteiger partial charge in [0, 0.05) is 64.3 Å². The molecule has 0 saturated carbocycles. The van der Waals surface area contributed by atoms with Crippen LogP contribution in [0, 0.1) is 16.0 Å². The SMILES string of the molecule is C=C(N)C(OC)C(NC(=O)c1ccc(NC(=O)c2ccc([N+](=O)[O-])cc2)cc1)C(=O)Nc1ccc(C(=O)Nc2ccc(C(=O)NC3=CCC(C(=O)O)C=C3)cc2OC(C)C)cc1. The van der Waals surface area contributed by atoms with Gasteiger partial charge in [-0.3, -0.25) is 38.9 Å². The molecule has 0 bridgehead atoms. The highest BCUT2D eigenvalue weighted by Crippen LogP contribution is 2.28. The van der Waals surface area contributed by atoms with Crippen molar-refractivity contribution in [3.05, 3.63) is 160 Å². The van der Waals surface area contributed by atoms with E-state index in [1.165, 1.54) is 110 Å². The number of nitro benzene ring substituents is 1. The summed E-state index contributed by atoms with van der Waals surface area (Å²) in [6.07, 6.45) is 3.42. The standard InChI is InChI=1S/C44H43N7O11/c1-24(2)62-36-23-30(42(55)47-32-18-9-29(10-19-32)44(57)58)13-22-35(36)49-40(53)26-5-16-33(17-6-26)48-43(56)37(38(61-4)25(3)45)50-41(54)27-7-14-31(15-8-27)46-39(52)28-11-20-34(21-12-28)51(59)60/h5-9,11-24,29,37-38H,3,10,45H2,1-2,4H3,(H,46,52)(H,47,55)(H,48,56)(H,49,53)(H,50,54)(H,57,58). The normalized spacial score (nSPS) is 14.0. The van der Waals surface area contributed by atoms with E-state index in [0.717, 1.165) is 0 Å². The molecule has 5 amide bonds. The number of rotatable bonds is 17. The highest BCUT2D eigenvalue weighted by Gasteiger charge is 2.32. The van der Waals surface area contributed by atoms with Crippen LogP contribution in [0.1, 0.15) is 61.7 Å². The molecule has 18 heteroatoms. The summed E-state index contributed by atoms with van der Waals surface area (Å²) >= 11 is 0. The third-order valence-electron chi connectivity index (χ3n) is 9.18. The third kappa shape index (κ3) is 11.8. The molecule has 4 aromatic rings. The van der Waals surface area contributed by atoms with Gasteiger partial charge in [-0.25, -0.2) is 0 Å². The lowest BCUT2D eigenvalue weighted by atomic mass is 9.99. The van der Waals surface area contributed by atoms with Gasteiger partial charge in [0.15, 0.2) is 0 Å². The number of nitrogens with zero attached hydrogens (tertiary/aromatic N) is 1. The molecular formula is C44H43N7O11. The van der Waals surface area contributed by atoms with Crippen LogP contribution in [0.4, 0.5) is 22.7 Å². The first-order chi connectivity index (χ1) is 29.5. The average Bonchev–Trinajstić information content (AvgIpc) is 3.24. The van der Waals surface area contributed by atoms with Crippen molar-refractivity contribution < 1.29 is 48.3 Å². The molecule has 18 nitrogen and oxygen atoms in total. The van der Waals surface area contributed by atoms with Gasteiger partial charge in [0.25, 0.3) is 29.3 Å². The maximum absolute atomic E-state index is 13.6. The number of carboxylic acid groups (broad SMARTS) is 1. The van der Waals surface area contributed by atoms with Gasteiger partial charge in [0.1, 0.15) is 17.9 Å². The van der Waals surface area contributed by atoms with Crippen molar-refractivity contribution >= 4 is 58.3 Å². The number of ether oxygens (including phenoxy) is 2. The number of hydrogen-bond acceptors (Lipinski definition) is 11. The predicted molar refractivity (Wildman–Crippen MR) is 229 cm³/mol. The van der Waals surface area contributed by atoms with E-state index in [4.69, 9.17) is 15.2 Å². The van der Waals surface area contributed by atoms with Crippen molar-refractivity contribution in [3.63, 3.8) is 0 Å². The fourth-order valence-electron chi connectivity index (χ4n) is 5.98. The molecule has 320 valence electrons. The van der Waals surface area contributed by atoms with Crippen molar-refractivity contribution in [3.8, 4) is 5.75 Å². The van der Waals surface area contributed by atoms with Crippen LogP contribution in [0.5, 0.6) is 5.75 Å². The number of amides is 5. The number of carboxylic acids is 1. The first-order valence-corrected chi connectivity index (χ1v) is 18.9. The van der Waals surface area contributed by atoms with Crippen LogP contribution in [0.25, 0.3) is 0 Å². The molecular weight excluding hydrogens is 803 g/mol. The summed E-state index contributed by atoms with van der Waals surface area (Å²) in [7, 11) is 1.29. The quantitative estimate of drug-likeness (QED) is 0.0521. The van der Waals surface area contributed by atoms with Gasteiger partial charge in [-0.15, -0.1) is 0 Å². The number of non-ortho nitro benzene ring substituents is 1. The summed E-state index contributed by atoms with van der Waals surface area (Å²) in [5.41, 5.74) is 7.80. The number of nitrogens with two attached hydrogens (primary N) is 1. The van der Waals surface area contributed by atoms with Gasteiger partial charge in [-0.05, 0) is 105 Å². The monoisotopic (exact) mass is 845 g/mol. The first kappa shape index (κ1) is 45.0. The Morgan fingerprint density at radius 1 is 0.774 bits per heavy atom. The van der Waals surface area contributed by atoms with E-state index in [9.17, 15) is 44.0 Å². The summed E-state index contributed by atoms with van der Waals surface area (Å²) in [6.45, 7) is 7.24. The number of nitrogens with one attached hydrogen (secondary N) is 5. The topological polar surface area (TPSA) is 270 Å². The molecule has 8 N–H and O–H groups in total. The van der Waals surface area contributed by atoms with Crippen LogP contribution in [-0.2, 0) is 14.3 Å². The summed E-state index contributed by atoms with van der Waals surface area (Å²) in [6, 6.07) is 19.8. The molecule has 0 spiro atoms. The Balaban J connectivity index is 1.22. The predicted octanol–water partition coefficient (Wildman–Crippen LogP) is 5.39. The number of aliphatic carboxylic acids is 1. The molecule has 1 aliphatic rings. The van der Waals surface area contributed by atoms with Crippen molar-refractivity contribution in [1.29, 1.82) is 0 Å². The number of hydrogen-bond donors (Lipinski definition) is 7. The molecule has 3 atom stereocenters. The van der Waals surface area contributed by atoms with E-state index < -0.39 is 58.5 Å². The second-order valence-electron chi connectivity index (χ2n) is 14.1. The largest absolute Gasteiger partial charge is 0.489 e. The minimum Gasteiger partial charge on any atom is -0.489 e. The fraction of sp³-hybridized carbons (Fsp3) is 0.182. The second kappa shape index (κ2) is 20.2. The van der Waals surface area contributed by atoms with Gasteiger partial charge in [-0.2, -0.15) is 0 Å². The van der Waals surface area contributed by atoms with Crippen molar-refractivity contribution in [1.82, 2.24) is 10.6 Å². The maximum Gasteiger partial charge on any atom is 0.310 e. The summed E-state index contributed by atoms with van der Waals surface area (Å²) in [4.78, 5) is 87.6. The molecule has 1 aliphatic carbocycles. The average molecular weight is 846 g/mol. The molecule has 0 saturated heterocycles. The number of nitro groups is 1. The Morgan fingerprint density at radius 3 is 1.82 bits per heavy atom. The maximum atomic E-state index is 13.6. The van der Waals surface area contributed by atoms with Crippen LogP contribution in [0.2, 0.25) is 0 Å². The highest BCUT2D eigenvalue weighted by molar-refractivity contribution is 6.07. The van der Waals surface area contributed by atoms with E-state index in [1.807, 2.05) is 0 Å². The van der Waals surface area contributed by atoms with Crippen molar-refractivity contribution in [2.24, 2.45) is 11.7 Å². The van der Waals surface area contributed by atoms with E-state index in [1.54, 1.807) is 19.9 Å². The van der Waals surface area contributed by atoms with Gasteiger partial charge < -0.3 is 46.9 Å². The van der Waals surface area contributed by atoms with Crippen LogP contribution in [-0.4, -0.2) is 70.9 Å². The van der Waals surface area contributed by atoms with Crippen molar-refractivity contribution in [2.75, 3.05) is 23.1 Å². The zero-order chi connectivity index (χ0) is 45.1. The van der Waals surface area contributed by atoms with E-state index in [0.29, 0.717) is 11.4 Å². The number of anilines is 3. The third-order valence-corrected chi connectivity index (χ3v) is 9.18. The fourth-order valence-corrected chi connectivity index (χ4v) is 5.98. The smallest absolute Gasteiger partial charge is 0.310 e. The molecule has 4 aromatic carbocycles. The minimum absolute atomic E-state index is 0.0480. The molecule has 0 aliphatic heterocycles. The van der Waals surface area contributed by atoms with E-state index in [2.05, 4.69) is 33.2 Å². The lowest BCUT2D eigenvalue weighted by Gasteiger charge is -2.26. The zero-order valence-electron chi connectivity index (χ0n) is 33.7. The van der Waals surface area contributed by atoms with Gasteiger partial charge in [0.05, 0.1) is 22.6 Å². The molecule has 0 aromatic heterocycles. The van der Waals surface area contributed by atoms with Crippen LogP contribution in [0.3, 0.4) is 0 Å². The Labute approximate surface area is 355 Å². The molecule has 0 fully saturated rings. The molecule has 0 heterocycles. The Kier molecular flexibility index (Phi) is 14.7. The molecule has 5 rings (SSSR count). The van der Waals surface area contributed by atoms with Crippen LogP contribution >= 0.6 is 0 Å². The van der Waals surface area contributed by atoms with Gasteiger partial charge in [-0.1, -0.05) is 18.7 Å².